The zero-order valence-electron chi connectivity index (χ0n) is 16.8. The summed E-state index contributed by atoms with van der Waals surface area (Å²) in [5.41, 5.74) is 3.31. The number of benzene rings is 1. The van der Waals surface area contributed by atoms with Gasteiger partial charge in [-0.1, -0.05) is 53.7 Å². The van der Waals surface area contributed by atoms with E-state index < -0.39 is 14.3 Å². The highest BCUT2D eigenvalue weighted by Gasteiger charge is 2.30. The van der Waals surface area contributed by atoms with Crippen molar-refractivity contribution in [2.75, 3.05) is 0 Å². The highest BCUT2D eigenvalue weighted by Crippen LogP contribution is 2.42. The Bertz CT molecular complexity index is 564. The Balaban J connectivity index is 3.60. The third-order valence-corrected chi connectivity index (χ3v) is 4.62. The van der Waals surface area contributed by atoms with Crippen LogP contribution in [0.15, 0.2) is 12.1 Å². The van der Waals surface area contributed by atoms with Crippen LogP contribution < -0.4 is 4.43 Å². The average molecular weight is 351 g/mol. The molecule has 0 radical (unpaired) electrons. The SMILES string of the molecule is CC(C)(C)c1cc(CCC(=O)O)cc(C(C)(C)C)c1O[Si](C)(C)C. The molecule has 0 saturated carbocycles. The van der Waals surface area contributed by atoms with E-state index in [1.165, 1.54) is 11.1 Å². The maximum atomic E-state index is 11.0. The van der Waals surface area contributed by atoms with Gasteiger partial charge in [-0.15, -0.1) is 0 Å². The molecule has 4 heteroatoms. The topological polar surface area (TPSA) is 46.5 Å². The number of carboxylic acid groups (broad SMARTS) is 1. The molecule has 0 spiro atoms. The molecule has 1 aromatic rings. The number of carboxylic acids is 1. The van der Waals surface area contributed by atoms with Gasteiger partial charge < -0.3 is 9.53 Å². The Morgan fingerprint density at radius 2 is 1.42 bits per heavy atom. The van der Waals surface area contributed by atoms with E-state index in [2.05, 4.69) is 73.3 Å². The lowest BCUT2D eigenvalue weighted by molar-refractivity contribution is -0.136. The van der Waals surface area contributed by atoms with Crippen LogP contribution in [-0.4, -0.2) is 19.4 Å². The van der Waals surface area contributed by atoms with Gasteiger partial charge in [0.1, 0.15) is 5.75 Å². The molecule has 0 aromatic heterocycles. The second-order valence-corrected chi connectivity index (χ2v) is 14.1. The van der Waals surface area contributed by atoms with Crippen LogP contribution in [-0.2, 0) is 22.0 Å². The quantitative estimate of drug-likeness (QED) is 0.712. The number of hydrogen-bond donors (Lipinski definition) is 1. The van der Waals surface area contributed by atoms with Crippen LogP contribution in [0.5, 0.6) is 5.75 Å². The van der Waals surface area contributed by atoms with Crippen molar-refractivity contribution in [3.05, 3.63) is 28.8 Å². The zero-order chi connectivity index (χ0) is 18.9. The summed E-state index contributed by atoms with van der Waals surface area (Å²) in [6.45, 7) is 19.7. The third-order valence-electron chi connectivity index (χ3n) is 3.80. The fourth-order valence-electron chi connectivity index (χ4n) is 2.61. The first-order chi connectivity index (χ1) is 10.6. The molecule has 0 saturated heterocycles. The molecule has 0 aliphatic heterocycles. The van der Waals surface area contributed by atoms with Crippen LogP contribution in [0.3, 0.4) is 0 Å². The van der Waals surface area contributed by atoms with Crippen molar-refractivity contribution in [2.24, 2.45) is 0 Å². The van der Waals surface area contributed by atoms with Crippen molar-refractivity contribution >= 4 is 14.3 Å². The zero-order valence-corrected chi connectivity index (χ0v) is 17.8. The summed E-state index contributed by atoms with van der Waals surface area (Å²) in [6.07, 6.45) is 0.704. The normalized spacial score (nSPS) is 13.0. The predicted octanol–water partition coefficient (Wildman–Crippen LogP) is 5.51. The lowest BCUT2D eigenvalue weighted by atomic mass is 9.78. The maximum absolute atomic E-state index is 11.0. The van der Waals surface area contributed by atoms with Crippen LogP contribution in [0, 0.1) is 0 Å². The number of carbonyl (C=O) groups is 1. The van der Waals surface area contributed by atoms with Crippen LogP contribution in [0.25, 0.3) is 0 Å². The second kappa shape index (κ2) is 6.91. The van der Waals surface area contributed by atoms with E-state index in [1.807, 2.05) is 0 Å². The fourth-order valence-corrected chi connectivity index (χ4v) is 3.45. The Hall–Kier alpha value is -1.29. The summed E-state index contributed by atoms with van der Waals surface area (Å²) in [5.74, 6) is 0.250. The van der Waals surface area contributed by atoms with Gasteiger partial charge in [0, 0.05) is 6.42 Å². The van der Waals surface area contributed by atoms with Crippen LogP contribution in [0.4, 0.5) is 0 Å². The number of aliphatic carboxylic acids is 1. The Kier molecular flexibility index (Phi) is 5.97. The first-order valence-electron chi connectivity index (χ1n) is 8.70. The van der Waals surface area contributed by atoms with Gasteiger partial charge >= 0.3 is 5.97 Å². The van der Waals surface area contributed by atoms with Crippen LogP contribution >= 0.6 is 0 Å². The molecule has 0 aliphatic rings. The Labute approximate surface area is 148 Å². The van der Waals surface area contributed by atoms with Crippen molar-refractivity contribution in [3.63, 3.8) is 0 Å². The Morgan fingerprint density at radius 1 is 1.00 bits per heavy atom. The largest absolute Gasteiger partial charge is 0.544 e. The number of hydrogen-bond acceptors (Lipinski definition) is 2. The Morgan fingerprint density at radius 3 is 1.71 bits per heavy atom. The van der Waals surface area contributed by atoms with Gasteiger partial charge in [0.15, 0.2) is 0 Å². The van der Waals surface area contributed by atoms with Gasteiger partial charge in [0.2, 0.25) is 8.32 Å². The molecule has 1 N–H and O–H groups in total. The minimum absolute atomic E-state index is 0.0613. The van der Waals surface area contributed by atoms with Crippen LogP contribution in [0.1, 0.15) is 64.7 Å². The van der Waals surface area contributed by atoms with Gasteiger partial charge in [-0.25, -0.2) is 0 Å². The second-order valence-electron chi connectivity index (χ2n) is 9.63. The molecule has 136 valence electrons. The van der Waals surface area contributed by atoms with Gasteiger partial charge in [0.25, 0.3) is 0 Å². The molecule has 1 rings (SSSR count). The van der Waals surface area contributed by atoms with Gasteiger partial charge in [-0.3, -0.25) is 4.79 Å². The molecule has 1 aromatic carbocycles. The lowest BCUT2D eigenvalue weighted by Gasteiger charge is -2.34. The highest BCUT2D eigenvalue weighted by atomic mass is 28.4. The minimum atomic E-state index is -1.77. The summed E-state index contributed by atoms with van der Waals surface area (Å²) in [5, 5.41) is 9.02. The van der Waals surface area contributed by atoms with Crippen molar-refractivity contribution < 1.29 is 14.3 Å². The van der Waals surface area contributed by atoms with Crippen molar-refractivity contribution in [3.8, 4) is 5.75 Å². The first-order valence-corrected chi connectivity index (χ1v) is 12.1. The summed E-state index contributed by atoms with van der Waals surface area (Å²) >= 11 is 0. The summed E-state index contributed by atoms with van der Waals surface area (Å²) in [4.78, 5) is 11.0. The average Bonchev–Trinajstić information content (AvgIpc) is 2.32. The third kappa shape index (κ3) is 5.97. The summed E-state index contributed by atoms with van der Waals surface area (Å²) in [7, 11) is -1.77. The molecule has 0 aliphatic carbocycles. The minimum Gasteiger partial charge on any atom is -0.544 e. The van der Waals surface area contributed by atoms with Crippen LogP contribution in [0.2, 0.25) is 19.6 Å². The molecule has 0 amide bonds. The molecule has 3 nitrogen and oxygen atoms in total. The molecule has 0 atom stereocenters. The van der Waals surface area contributed by atoms with Crippen molar-refractivity contribution in [2.45, 2.75) is 84.9 Å². The number of aryl methyl sites for hydroxylation is 1. The van der Waals surface area contributed by atoms with E-state index in [-0.39, 0.29) is 17.3 Å². The van der Waals surface area contributed by atoms with Gasteiger partial charge in [0.05, 0.1) is 0 Å². The summed E-state index contributed by atoms with van der Waals surface area (Å²) < 4.78 is 6.52. The van der Waals surface area contributed by atoms with E-state index in [4.69, 9.17) is 9.53 Å². The molecular formula is C20H34O3Si. The van der Waals surface area contributed by atoms with E-state index in [9.17, 15) is 4.79 Å². The molecule has 0 bridgehead atoms. The smallest absolute Gasteiger partial charge is 0.303 e. The predicted molar refractivity (Wildman–Crippen MR) is 104 cm³/mol. The van der Waals surface area contributed by atoms with E-state index in [0.717, 1.165) is 11.3 Å². The van der Waals surface area contributed by atoms with Gasteiger partial charge in [-0.05, 0) is 53.6 Å². The molecular weight excluding hydrogens is 316 g/mol. The van der Waals surface area contributed by atoms with Crippen molar-refractivity contribution in [1.82, 2.24) is 0 Å². The lowest BCUT2D eigenvalue weighted by Crippen LogP contribution is -2.33. The van der Waals surface area contributed by atoms with E-state index in [0.29, 0.717) is 6.42 Å². The highest BCUT2D eigenvalue weighted by molar-refractivity contribution is 6.70. The standard InChI is InChI=1S/C20H34O3Si/c1-19(2,3)15-12-14(10-11-17(21)22)13-16(20(4,5)6)18(15)23-24(7,8)9/h12-13H,10-11H2,1-9H3,(H,21,22). The summed E-state index contributed by atoms with van der Waals surface area (Å²) in [6, 6.07) is 4.29. The fraction of sp³-hybridized carbons (Fsp3) is 0.650. The molecule has 0 fully saturated rings. The van der Waals surface area contributed by atoms with E-state index >= 15 is 0 Å². The molecule has 0 heterocycles. The van der Waals surface area contributed by atoms with E-state index in [1.54, 1.807) is 0 Å². The monoisotopic (exact) mass is 350 g/mol. The molecule has 0 unspecified atom stereocenters. The van der Waals surface area contributed by atoms with Crippen molar-refractivity contribution in [1.29, 1.82) is 0 Å². The maximum Gasteiger partial charge on any atom is 0.303 e. The molecule has 24 heavy (non-hydrogen) atoms. The first kappa shape index (κ1) is 20.8. The number of rotatable bonds is 5. The van der Waals surface area contributed by atoms with Gasteiger partial charge in [-0.2, -0.15) is 0 Å².